The number of hydrogen-bond donors (Lipinski definition) is 0. The lowest BCUT2D eigenvalue weighted by Crippen LogP contribution is -2.19. The van der Waals surface area contributed by atoms with Gasteiger partial charge in [-0.15, -0.1) is 6.58 Å². The van der Waals surface area contributed by atoms with Crippen molar-refractivity contribution in [1.29, 1.82) is 0 Å². The van der Waals surface area contributed by atoms with E-state index in [1.165, 1.54) is 0 Å². The molecule has 0 spiro atoms. The highest BCUT2D eigenvalue weighted by molar-refractivity contribution is 8.77. The summed E-state index contributed by atoms with van der Waals surface area (Å²) in [5.41, 5.74) is 0. The Kier molecular flexibility index (Phi) is 3.52. The fourth-order valence-corrected chi connectivity index (χ4v) is 3.12. The van der Waals surface area contributed by atoms with Crippen LogP contribution in [0.1, 0.15) is 0 Å². The molecule has 0 rings (SSSR count). The number of rotatable bonds is 4. The lowest BCUT2D eigenvalue weighted by Gasteiger charge is -2.39. The molecule has 0 aromatic carbocycles. The van der Waals surface area contributed by atoms with Crippen molar-refractivity contribution in [2.24, 2.45) is 0 Å². The molecule has 0 aromatic rings. The van der Waals surface area contributed by atoms with E-state index in [0.29, 0.717) is 5.27 Å². The van der Waals surface area contributed by atoms with Crippen LogP contribution in [0, 0.1) is 0 Å². The third-order valence-corrected chi connectivity index (χ3v) is 7.59. The molecule has 0 fully saturated rings. The summed E-state index contributed by atoms with van der Waals surface area (Å²) in [5, 5.41) is 0.657. The minimum Gasteiger partial charge on any atom is -0.272 e. The monoisotopic (exact) mass is 190 g/mol. The highest BCUT2D eigenvalue weighted by atomic mass is 32.3. The van der Waals surface area contributed by atoms with Crippen LogP contribution >= 0.6 is 20.2 Å². The summed E-state index contributed by atoms with van der Waals surface area (Å²) >= 11 is 1.95. The highest BCUT2D eigenvalue weighted by Gasteiger charge is 2.24. The molecular formula is C8H19BS2. The first-order valence-electron chi connectivity index (χ1n) is 3.67. The minimum atomic E-state index is -1.36. The molecule has 0 bridgehead atoms. The molecule has 0 amide bonds. The van der Waals surface area contributed by atoms with Gasteiger partial charge >= 0.3 is 0 Å². The van der Waals surface area contributed by atoms with E-state index in [0.717, 1.165) is 5.75 Å². The van der Waals surface area contributed by atoms with E-state index < -0.39 is 8.60 Å². The molecule has 66 valence electrons. The van der Waals surface area contributed by atoms with Crippen LogP contribution in [0.5, 0.6) is 0 Å². The van der Waals surface area contributed by atoms with Crippen molar-refractivity contribution in [2.45, 2.75) is 6.82 Å². The molecule has 0 unspecified atom stereocenters. The van der Waals surface area contributed by atoms with Gasteiger partial charge in [-0.25, -0.2) is 0 Å². The molecule has 0 aliphatic rings. The molecule has 0 aromatic heterocycles. The minimum absolute atomic E-state index is 0.657. The van der Waals surface area contributed by atoms with Crippen LogP contribution in [-0.2, 0) is 0 Å². The van der Waals surface area contributed by atoms with Crippen LogP contribution in [0.4, 0.5) is 0 Å². The average molecular weight is 190 g/mol. The Hall–Kier alpha value is 0.375. The second-order valence-corrected chi connectivity index (χ2v) is 12.5. The molecule has 0 radical (unpaired) electrons. The van der Waals surface area contributed by atoms with Gasteiger partial charge in [0.25, 0.3) is 5.27 Å². The lowest BCUT2D eigenvalue weighted by molar-refractivity contribution is 1.84. The van der Waals surface area contributed by atoms with Crippen LogP contribution in [-0.4, -0.2) is 35.7 Å². The second kappa shape index (κ2) is 3.40. The summed E-state index contributed by atoms with van der Waals surface area (Å²) in [6.07, 6.45) is 8.83. The quantitative estimate of drug-likeness (QED) is 0.373. The highest BCUT2D eigenvalue weighted by Crippen LogP contribution is 2.51. The van der Waals surface area contributed by atoms with Gasteiger partial charge in [0.2, 0.25) is 0 Å². The first-order chi connectivity index (χ1) is 4.74. The van der Waals surface area contributed by atoms with E-state index in [4.69, 9.17) is 0 Å². The van der Waals surface area contributed by atoms with Crippen LogP contribution in [0.25, 0.3) is 0 Å². The Morgan fingerprint density at radius 1 is 1.45 bits per heavy atom. The third kappa shape index (κ3) is 4.75. The van der Waals surface area contributed by atoms with E-state index in [1.54, 1.807) is 0 Å². The smallest absolute Gasteiger partial charge is 0.252 e. The molecule has 0 nitrogen and oxygen atoms in total. The van der Waals surface area contributed by atoms with Gasteiger partial charge < -0.3 is 0 Å². The van der Waals surface area contributed by atoms with Crippen molar-refractivity contribution in [3.63, 3.8) is 0 Å². The van der Waals surface area contributed by atoms with Gasteiger partial charge in [0.05, 0.1) is 0 Å². The largest absolute Gasteiger partial charge is 0.272 e. The first-order valence-corrected chi connectivity index (χ1v) is 8.21. The molecule has 0 saturated heterocycles. The van der Waals surface area contributed by atoms with Crippen molar-refractivity contribution in [3.05, 3.63) is 12.7 Å². The van der Waals surface area contributed by atoms with Gasteiger partial charge in [-0.1, -0.05) is 18.8 Å². The maximum absolute atomic E-state index is 4.31. The molecule has 0 heterocycles. The SMILES string of the molecule is C=CCSB(C)S(=C)(C)(C)C. The predicted octanol–water partition coefficient (Wildman–Crippen LogP) is 2.69. The standard InChI is InChI=1S/C8H19BS2/c1-7-8-10-9(2)11(3,4,5)6/h7H,1,3,8H2,2,4-6H3. The average Bonchev–Trinajstić information content (AvgIpc) is 1.78. The Bertz CT molecular complexity index is 191. The fourth-order valence-electron chi connectivity index (χ4n) is 0.456. The van der Waals surface area contributed by atoms with Gasteiger partial charge in [0, 0.05) is 5.75 Å². The molecular weight excluding hydrogens is 171 g/mol. The normalized spacial score (nSPS) is 15.1. The summed E-state index contributed by atoms with van der Waals surface area (Å²) < 4.78 is 0. The summed E-state index contributed by atoms with van der Waals surface area (Å²) in [4.78, 5) is 0. The molecule has 0 N–H and O–H groups in total. The van der Waals surface area contributed by atoms with E-state index in [9.17, 15) is 0 Å². The van der Waals surface area contributed by atoms with Crippen molar-refractivity contribution in [1.82, 2.24) is 0 Å². The summed E-state index contributed by atoms with van der Waals surface area (Å²) in [7, 11) is -1.36. The van der Waals surface area contributed by atoms with Gasteiger partial charge in [-0.3, -0.25) is 8.60 Å². The zero-order valence-corrected chi connectivity index (χ0v) is 9.73. The topological polar surface area (TPSA) is 0 Å². The zero-order chi connectivity index (χ0) is 9.15. The maximum atomic E-state index is 4.31. The molecule has 0 saturated carbocycles. The molecule has 11 heavy (non-hydrogen) atoms. The fraction of sp³-hybridized carbons (Fsp3) is 0.625. The van der Waals surface area contributed by atoms with Crippen molar-refractivity contribution in [3.8, 4) is 0 Å². The number of hydrogen-bond acceptors (Lipinski definition) is 1. The molecule has 0 aliphatic carbocycles. The van der Waals surface area contributed by atoms with Crippen molar-refractivity contribution < 1.29 is 0 Å². The Labute approximate surface area is 75.6 Å². The van der Waals surface area contributed by atoms with Crippen molar-refractivity contribution in [2.75, 3.05) is 24.5 Å². The summed E-state index contributed by atoms with van der Waals surface area (Å²) in [6.45, 7) is 5.98. The van der Waals surface area contributed by atoms with Crippen LogP contribution < -0.4 is 0 Å². The Balaban J connectivity index is 4.15. The summed E-state index contributed by atoms with van der Waals surface area (Å²) in [6, 6.07) is 0. The lowest BCUT2D eigenvalue weighted by atomic mass is 10.2. The second-order valence-electron chi connectivity index (χ2n) is 4.15. The molecule has 0 aliphatic heterocycles. The molecule has 0 atom stereocenters. The van der Waals surface area contributed by atoms with E-state index in [1.807, 2.05) is 17.7 Å². The first kappa shape index (κ1) is 11.4. The summed E-state index contributed by atoms with van der Waals surface area (Å²) in [5.74, 6) is 5.35. The zero-order valence-electron chi connectivity index (χ0n) is 8.09. The van der Waals surface area contributed by atoms with Gasteiger partial charge in [-0.05, 0) is 18.8 Å². The van der Waals surface area contributed by atoms with Crippen LogP contribution in [0.3, 0.4) is 0 Å². The van der Waals surface area contributed by atoms with Crippen LogP contribution in [0.15, 0.2) is 12.7 Å². The van der Waals surface area contributed by atoms with Crippen molar-refractivity contribution >= 4 is 31.4 Å². The third-order valence-electron chi connectivity index (χ3n) is 1.68. The van der Waals surface area contributed by atoms with Gasteiger partial charge in [0.15, 0.2) is 0 Å². The van der Waals surface area contributed by atoms with Gasteiger partial charge in [-0.2, -0.15) is 11.6 Å². The maximum Gasteiger partial charge on any atom is 0.252 e. The molecule has 3 heteroatoms. The Morgan fingerprint density at radius 3 is 2.18 bits per heavy atom. The van der Waals surface area contributed by atoms with E-state index in [2.05, 4.69) is 38.0 Å². The predicted molar refractivity (Wildman–Crippen MR) is 66.8 cm³/mol. The van der Waals surface area contributed by atoms with Crippen LogP contribution in [0.2, 0.25) is 6.82 Å². The van der Waals surface area contributed by atoms with E-state index in [-0.39, 0.29) is 0 Å². The van der Waals surface area contributed by atoms with E-state index >= 15 is 0 Å². The van der Waals surface area contributed by atoms with Gasteiger partial charge in [0.1, 0.15) is 0 Å². The Morgan fingerprint density at radius 2 is 1.91 bits per heavy atom.